The number of hydrogen-bond acceptors (Lipinski definition) is 5. The Balaban J connectivity index is 2.50. The average Bonchev–Trinajstić information content (AvgIpc) is 2.97. The number of nitrogens with zero attached hydrogens (tertiary/aromatic N) is 5. The van der Waals surface area contributed by atoms with Crippen LogP contribution < -0.4 is 11.3 Å². The highest BCUT2D eigenvalue weighted by molar-refractivity contribution is 9.10. The highest BCUT2D eigenvalue weighted by Crippen LogP contribution is 2.26. The first-order valence-electron chi connectivity index (χ1n) is 6.20. The lowest BCUT2D eigenvalue weighted by Crippen LogP contribution is -2.32. The van der Waals surface area contributed by atoms with Crippen LogP contribution in [0.1, 0.15) is 37.0 Å². The van der Waals surface area contributed by atoms with Crippen LogP contribution in [-0.4, -0.2) is 24.8 Å². The predicted octanol–water partition coefficient (Wildman–Crippen LogP) is 0.909. The van der Waals surface area contributed by atoms with Crippen LogP contribution in [0.4, 0.5) is 0 Å². The van der Waals surface area contributed by atoms with Gasteiger partial charge in [0.15, 0.2) is 4.60 Å². The lowest BCUT2D eigenvalue weighted by Gasteiger charge is -2.17. The van der Waals surface area contributed by atoms with Crippen molar-refractivity contribution in [1.29, 1.82) is 0 Å². The maximum atomic E-state index is 5.73. The van der Waals surface area contributed by atoms with E-state index in [1.54, 1.807) is 4.68 Å². The van der Waals surface area contributed by atoms with Crippen LogP contribution in [0.2, 0.25) is 0 Å². The molecule has 8 heteroatoms. The second-order valence-corrected chi connectivity index (χ2v) is 4.97. The minimum Gasteiger partial charge on any atom is -0.270 e. The Morgan fingerprint density at radius 3 is 2.68 bits per heavy atom. The summed E-state index contributed by atoms with van der Waals surface area (Å²) in [4.78, 5) is 0. The molecule has 0 amide bonds. The molecule has 0 radical (unpaired) electrons. The predicted molar refractivity (Wildman–Crippen MR) is 75.1 cm³/mol. The quantitative estimate of drug-likeness (QED) is 0.629. The number of halogens is 1. The van der Waals surface area contributed by atoms with Crippen LogP contribution in [0, 0.1) is 0 Å². The Kier molecular flexibility index (Phi) is 4.33. The molecule has 7 nitrogen and oxygen atoms in total. The Labute approximate surface area is 120 Å². The molecule has 0 saturated heterocycles. The summed E-state index contributed by atoms with van der Waals surface area (Å²) in [6.07, 6.45) is 0.891. The lowest BCUT2D eigenvalue weighted by atomic mass is 10.1. The van der Waals surface area contributed by atoms with Crippen LogP contribution in [0.3, 0.4) is 0 Å². The summed E-state index contributed by atoms with van der Waals surface area (Å²) >= 11 is 3.41. The van der Waals surface area contributed by atoms with Crippen LogP contribution in [0.15, 0.2) is 10.7 Å². The largest absolute Gasteiger partial charge is 0.270 e. The maximum absolute atomic E-state index is 5.73. The lowest BCUT2D eigenvalue weighted by molar-refractivity contribution is 0.512. The molecule has 3 N–H and O–H groups in total. The molecule has 0 aliphatic carbocycles. The molecule has 0 spiro atoms. The summed E-state index contributed by atoms with van der Waals surface area (Å²) in [6, 6.07) is 1.86. The monoisotopic (exact) mass is 327 g/mol. The Morgan fingerprint density at radius 2 is 2.21 bits per heavy atom. The van der Waals surface area contributed by atoms with Gasteiger partial charge in [0.25, 0.3) is 0 Å². The van der Waals surface area contributed by atoms with Crippen molar-refractivity contribution in [1.82, 2.24) is 30.2 Å². The fraction of sp³-hybridized carbons (Fsp3) is 0.545. The van der Waals surface area contributed by atoms with Crippen molar-refractivity contribution in [2.45, 2.75) is 32.9 Å². The molecule has 2 rings (SSSR count). The average molecular weight is 328 g/mol. The van der Waals surface area contributed by atoms with E-state index >= 15 is 0 Å². The molecule has 19 heavy (non-hydrogen) atoms. The normalized spacial score (nSPS) is 12.9. The third kappa shape index (κ3) is 2.56. The first-order chi connectivity index (χ1) is 9.12. The standard InChI is InChI=1S/C11H18BrN7/c1-4-7-6-8(19(5-2)16-7)9(14-13)10-11(12)15-17-18(10)3/h6,9,14H,4-5,13H2,1-3H3. The van der Waals surface area contributed by atoms with Crippen molar-refractivity contribution < 1.29 is 0 Å². The maximum Gasteiger partial charge on any atom is 0.153 e. The van der Waals surface area contributed by atoms with Crippen molar-refractivity contribution in [3.63, 3.8) is 0 Å². The number of rotatable bonds is 5. The Hall–Kier alpha value is -1.25. The number of hydrogen-bond donors (Lipinski definition) is 2. The van der Waals surface area contributed by atoms with Gasteiger partial charge in [0.2, 0.25) is 0 Å². The van der Waals surface area contributed by atoms with Gasteiger partial charge in [-0.3, -0.25) is 10.5 Å². The molecule has 1 unspecified atom stereocenters. The topological polar surface area (TPSA) is 86.6 Å². The van der Waals surface area contributed by atoms with Crippen molar-refractivity contribution in [3.05, 3.63) is 27.8 Å². The molecule has 0 fully saturated rings. The van der Waals surface area contributed by atoms with Crippen molar-refractivity contribution in [2.24, 2.45) is 12.9 Å². The zero-order valence-electron chi connectivity index (χ0n) is 11.3. The van der Waals surface area contributed by atoms with Gasteiger partial charge in [-0.15, -0.1) is 5.10 Å². The molecule has 0 aliphatic rings. The molecular formula is C11H18BrN7. The first kappa shape index (κ1) is 14.2. The molecule has 2 aromatic rings. The minimum atomic E-state index is -0.206. The van der Waals surface area contributed by atoms with Gasteiger partial charge in [0.1, 0.15) is 6.04 Å². The minimum absolute atomic E-state index is 0.206. The van der Waals surface area contributed by atoms with Crippen LogP contribution >= 0.6 is 15.9 Å². The van der Waals surface area contributed by atoms with Gasteiger partial charge in [0.05, 0.1) is 17.1 Å². The summed E-state index contributed by atoms with van der Waals surface area (Å²) in [5.41, 5.74) is 5.75. The van der Waals surface area contributed by atoms with E-state index in [2.05, 4.69) is 56.7 Å². The summed E-state index contributed by atoms with van der Waals surface area (Å²) in [5.74, 6) is 5.73. The zero-order chi connectivity index (χ0) is 14.0. The Morgan fingerprint density at radius 1 is 1.47 bits per heavy atom. The SMILES string of the molecule is CCc1cc(C(NN)c2c(Br)nnn2C)n(CC)n1. The van der Waals surface area contributed by atoms with Crippen molar-refractivity contribution >= 4 is 15.9 Å². The van der Waals surface area contributed by atoms with Gasteiger partial charge in [-0.25, -0.2) is 10.1 Å². The first-order valence-corrected chi connectivity index (χ1v) is 6.99. The van der Waals surface area contributed by atoms with Gasteiger partial charge in [-0.2, -0.15) is 5.10 Å². The smallest absolute Gasteiger partial charge is 0.153 e. The molecule has 2 heterocycles. The molecule has 0 aliphatic heterocycles. The van der Waals surface area contributed by atoms with Crippen LogP contribution in [-0.2, 0) is 20.0 Å². The third-order valence-corrected chi connectivity index (χ3v) is 3.65. The summed E-state index contributed by atoms with van der Waals surface area (Å²) in [7, 11) is 1.84. The van der Waals surface area contributed by atoms with Gasteiger partial charge < -0.3 is 0 Å². The van der Waals surface area contributed by atoms with E-state index < -0.39 is 0 Å². The fourth-order valence-corrected chi connectivity index (χ4v) is 2.65. The Bertz CT molecular complexity index is 540. The van der Waals surface area contributed by atoms with Crippen molar-refractivity contribution in [2.75, 3.05) is 0 Å². The second kappa shape index (κ2) is 5.81. The van der Waals surface area contributed by atoms with Gasteiger partial charge in [-0.1, -0.05) is 12.1 Å². The highest BCUT2D eigenvalue weighted by Gasteiger charge is 2.24. The molecule has 2 aromatic heterocycles. The number of hydrazine groups is 1. The van der Waals surface area contributed by atoms with E-state index in [1.807, 2.05) is 11.7 Å². The van der Waals surface area contributed by atoms with E-state index in [4.69, 9.17) is 5.84 Å². The van der Waals surface area contributed by atoms with Crippen molar-refractivity contribution in [3.8, 4) is 0 Å². The number of aromatic nitrogens is 5. The number of nitrogens with two attached hydrogens (primary N) is 1. The van der Waals surface area contributed by atoms with Crippen LogP contribution in [0.25, 0.3) is 0 Å². The van der Waals surface area contributed by atoms with E-state index in [1.165, 1.54) is 0 Å². The van der Waals surface area contributed by atoms with Gasteiger partial charge >= 0.3 is 0 Å². The summed E-state index contributed by atoms with van der Waals surface area (Å²) < 4.78 is 4.33. The third-order valence-electron chi connectivity index (χ3n) is 3.09. The van der Waals surface area contributed by atoms with Crippen LogP contribution in [0.5, 0.6) is 0 Å². The van der Waals surface area contributed by atoms with E-state index in [9.17, 15) is 0 Å². The van der Waals surface area contributed by atoms with E-state index in [0.29, 0.717) is 4.60 Å². The van der Waals surface area contributed by atoms with E-state index in [-0.39, 0.29) is 6.04 Å². The zero-order valence-corrected chi connectivity index (χ0v) is 12.8. The number of aryl methyl sites for hydroxylation is 3. The molecule has 0 saturated carbocycles. The highest BCUT2D eigenvalue weighted by atomic mass is 79.9. The molecular weight excluding hydrogens is 310 g/mol. The summed E-state index contributed by atoms with van der Waals surface area (Å²) in [6.45, 7) is 4.93. The molecule has 0 bridgehead atoms. The summed E-state index contributed by atoms with van der Waals surface area (Å²) in [5, 5.41) is 12.5. The fourth-order valence-electron chi connectivity index (χ4n) is 2.09. The molecule has 0 aromatic carbocycles. The number of nitrogens with one attached hydrogen (secondary N) is 1. The second-order valence-electron chi connectivity index (χ2n) is 4.22. The van der Waals surface area contributed by atoms with Gasteiger partial charge in [-0.05, 0) is 35.3 Å². The van der Waals surface area contributed by atoms with E-state index in [0.717, 1.165) is 30.0 Å². The molecule has 1 atom stereocenters. The molecule has 104 valence electrons. The van der Waals surface area contributed by atoms with Gasteiger partial charge in [0, 0.05) is 13.6 Å².